The Kier molecular flexibility index (Phi) is 8.36. The van der Waals surface area contributed by atoms with Gasteiger partial charge in [0.2, 0.25) is 0 Å². The van der Waals surface area contributed by atoms with E-state index in [4.69, 9.17) is 9.47 Å². The van der Waals surface area contributed by atoms with Crippen LogP contribution in [0.4, 0.5) is 0 Å². The predicted octanol–water partition coefficient (Wildman–Crippen LogP) is 2.55. The summed E-state index contributed by atoms with van der Waals surface area (Å²) in [5.74, 6) is -0.151. The number of nitrogens with one attached hydrogen (secondary N) is 1. The average molecular weight is 452 g/mol. The van der Waals surface area contributed by atoms with Crippen molar-refractivity contribution in [3.8, 4) is 17.2 Å². The van der Waals surface area contributed by atoms with E-state index in [-0.39, 0.29) is 36.3 Å². The first-order valence-electron chi connectivity index (χ1n) is 10.1. The molecule has 0 radical (unpaired) electrons. The Bertz CT molecular complexity index is 1020. The number of fused-ring (bicyclic) bond motifs is 1. The van der Waals surface area contributed by atoms with Crippen LogP contribution >= 0.6 is 12.4 Å². The molecule has 1 fully saturated rings. The van der Waals surface area contributed by atoms with Gasteiger partial charge in [-0.2, -0.15) is 0 Å². The molecule has 1 saturated heterocycles. The molecule has 2 aromatic rings. The lowest BCUT2D eigenvalue weighted by atomic mass is 10.1. The normalized spacial score (nSPS) is 16.0. The van der Waals surface area contributed by atoms with Gasteiger partial charge in [0, 0.05) is 30.6 Å². The highest BCUT2D eigenvalue weighted by Gasteiger charge is 2.27. The van der Waals surface area contributed by atoms with Gasteiger partial charge in [-0.3, -0.25) is 14.5 Å². The largest absolute Gasteiger partial charge is 0.506 e. The molecule has 1 aliphatic heterocycles. The number of methoxy groups -OCH3 is 2. The molecular formula is C22H30ClN3O5. The van der Waals surface area contributed by atoms with Gasteiger partial charge in [-0.25, -0.2) is 0 Å². The fourth-order valence-corrected chi connectivity index (χ4v) is 4.12. The van der Waals surface area contributed by atoms with Crippen molar-refractivity contribution in [3.05, 3.63) is 40.7 Å². The molecule has 0 saturated carbocycles. The first kappa shape index (κ1) is 24.6. The Morgan fingerprint density at radius 3 is 2.61 bits per heavy atom. The van der Waals surface area contributed by atoms with Crippen LogP contribution in [0.2, 0.25) is 0 Å². The first-order valence-corrected chi connectivity index (χ1v) is 10.1. The summed E-state index contributed by atoms with van der Waals surface area (Å²) in [6.07, 6.45) is 3.65. The highest BCUT2D eigenvalue weighted by Crippen LogP contribution is 2.36. The van der Waals surface area contributed by atoms with Gasteiger partial charge < -0.3 is 24.5 Å². The van der Waals surface area contributed by atoms with Crippen molar-refractivity contribution >= 4 is 29.2 Å². The van der Waals surface area contributed by atoms with Crippen LogP contribution in [0.5, 0.6) is 17.2 Å². The molecule has 1 aromatic heterocycles. The molecule has 1 unspecified atom stereocenters. The smallest absolute Gasteiger partial charge is 0.268 e. The maximum atomic E-state index is 13.1. The summed E-state index contributed by atoms with van der Waals surface area (Å²) in [5.41, 5.74) is -0.430. The molecule has 1 aromatic carbocycles. The highest BCUT2D eigenvalue weighted by molar-refractivity contribution is 6.03. The monoisotopic (exact) mass is 451 g/mol. The van der Waals surface area contributed by atoms with E-state index in [2.05, 4.69) is 23.7 Å². The Balaban J connectivity index is 0.00000341. The lowest BCUT2D eigenvalue weighted by Crippen LogP contribution is -2.41. The molecule has 170 valence electrons. The van der Waals surface area contributed by atoms with Crippen molar-refractivity contribution in [2.24, 2.45) is 0 Å². The molecule has 1 aliphatic rings. The summed E-state index contributed by atoms with van der Waals surface area (Å²) in [7, 11) is 2.97. The maximum Gasteiger partial charge on any atom is 0.268 e. The van der Waals surface area contributed by atoms with Crippen molar-refractivity contribution in [2.75, 3.05) is 33.9 Å². The van der Waals surface area contributed by atoms with E-state index in [1.165, 1.54) is 18.8 Å². The molecule has 9 heteroatoms. The lowest BCUT2D eigenvalue weighted by molar-refractivity contribution is 0.0937. The van der Waals surface area contributed by atoms with Gasteiger partial charge in [0.25, 0.3) is 11.5 Å². The number of ether oxygens (including phenoxy) is 2. The number of likely N-dealkylation sites (N-methyl/N-ethyl adjacent to an activating group) is 1. The fraction of sp³-hybridized carbons (Fsp3) is 0.455. The predicted molar refractivity (Wildman–Crippen MR) is 123 cm³/mol. The van der Waals surface area contributed by atoms with Gasteiger partial charge in [-0.15, -0.1) is 19.0 Å². The number of likely N-dealkylation sites (tertiary alicyclic amines) is 1. The fourth-order valence-electron chi connectivity index (χ4n) is 4.12. The molecule has 3 rings (SSSR count). The molecule has 8 nitrogen and oxygen atoms in total. The van der Waals surface area contributed by atoms with E-state index < -0.39 is 11.5 Å². The SMILES string of the molecule is C=CCn1c(=O)c(C(=O)NCC2CCCN2CC)c(O)c2cc(OC)c(OC)cc21.Cl. The van der Waals surface area contributed by atoms with Crippen molar-refractivity contribution in [1.29, 1.82) is 0 Å². The van der Waals surface area contributed by atoms with Gasteiger partial charge in [0.1, 0.15) is 11.3 Å². The Morgan fingerprint density at radius 2 is 2.00 bits per heavy atom. The number of nitrogens with zero attached hydrogens (tertiary/aromatic N) is 2. The van der Waals surface area contributed by atoms with Gasteiger partial charge in [-0.1, -0.05) is 13.0 Å². The van der Waals surface area contributed by atoms with Crippen LogP contribution < -0.4 is 20.3 Å². The van der Waals surface area contributed by atoms with E-state index in [0.717, 1.165) is 25.9 Å². The number of halogens is 1. The van der Waals surface area contributed by atoms with Crippen molar-refractivity contribution in [2.45, 2.75) is 32.4 Å². The molecule has 2 N–H and O–H groups in total. The number of carbonyl (C=O) groups excluding carboxylic acids is 1. The molecule has 31 heavy (non-hydrogen) atoms. The van der Waals surface area contributed by atoms with Gasteiger partial charge in [0.15, 0.2) is 11.5 Å². The van der Waals surface area contributed by atoms with Gasteiger partial charge >= 0.3 is 0 Å². The molecule has 2 heterocycles. The third kappa shape index (κ3) is 4.65. The van der Waals surface area contributed by atoms with Crippen LogP contribution in [0.3, 0.4) is 0 Å². The zero-order valence-corrected chi connectivity index (χ0v) is 19.0. The number of amides is 1. The Labute approximate surface area is 187 Å². The minimum Gasteiger partial charge on any atom is -0.506 e. The molecule has 0 spiro atoms. The third-order valence-electron chi connectivity index (χ3n) is 5.69. The van der Waals surface area contributed by atoms with E-state index in [1.54, 1.807) is 18.2 Å². The molecular weight excluding hydrogens is 422 g/mol. The number of benzene rings is 1. The quantitative estimate of drug-likeness (QED) is 0.599. The molecule has 1 atom stereocenters. The highest BCUT2D eigenvalue weighted by atomic mass is 35.5. The number of allylic oxidation sites excluding steroid dienone is 1. The zero-order valence-electron chi connectivity index (χ0n) is 18.1. The van der Waals surface area contributed by atoms with Crippen LogP contribution in [0.25, 0.3) is 10.9 Å². The third-order valence-corrected chi connectivity index (χ3v) is 5.69. The number of pyridine rings is 1. The van der Waals surface area contributed by atoms with Gasteiger partial charge in [0.05, 0.1) is 19.7 Å². The van der Waals surface area contributed by atoms with Crippen molar-refractivity contribution < 1.29 is 19.4 Å². The summed E-state index contributed by atoms with van der Waals surface area (Å²) < 4.78 is 12.0. The zero-order chi connectivity index (χ0) is 21.8. The van der Waals surface area contributed by atoms with Crippen LogP contribution in [0.1, 0.15) is 30.1 Å². The second-order valence-corrected chi connectivity index (χ2v) is 7.29. The van der Waals surface area contributed by atoms with E-state index in [9.17, 15) is 14.7 Å². The van der Waals surface area contributed by atoms with Crippen LogP contribution in [0.15, 0.2) is 29.6 Å². The first-order chi connectivity index (χ1) is 14.5. The van der Waals surface area contributed by atoms with Crippen molar-refractivity contribution in [3.63, 3.8) is 0 Å². The van der Waals surface area contributed by atoms with Gasteiger partial charge in [-0.05, 0) is 32.0 Å². The molecule has 1 amide bonds. The number of carbonyl (C=O) groups is 1. The minimum absolute atomic E-state index is 0. The standard InChI is InChI=1S/C22H29N3O5.ClH/c1-5-9-25-16-12-18(30-4)17(29-3)11-15(16)20(26)19(22(25)28)21(27)23-13-14-8-7-10-24(14)6-2;/h5,11-12,14,26H,1,6-10,13H2,2-4H3,(H,23,27);1H. The number of rotatable bonds is 8. The topological polar surface area (TPSA) is 93.0 Å². The summed E-state index contributed by atoms with van der Waals surface area (Å²) in [6, 6.07) is 3.41. The van der Waals surface area contributed by atoms with Crippen LogP contribution in [0, 0.1) is 0 Å². The Morgan fingerprint density at radius 1 is 1.32 bits per heavy atom. The van der Waals surface area contributed by atoms with Crippen LogP contribution in [-0.2, 0) is 6.54 Å². The number of aromatic nitrogens is 1. The van der Waals surface area contributed by atoms with E-state index in [1.807, 2.05) is 0 Å². The minimum atomic E-state index is -0.588. The van der Waals surface area contributed by atoms with Crippen LogP contribution in [-0.4, -0.2) is 60.4 Å². The van der Waals surface area contributed by atoms with E-state index >= 15 is 0 Å². The number of hydrogen-bond acceptors (Lipinski definition) is 6. The Hall–Kier alpha value is -2.71. The number of aromatic hydroxyl groups is 1. The van der Waals surface area contributed by atoms with E-state index in [0.29, 0.717) is 28.9 Å². The summed E-state index contributed by atoms with van der Waals surface area (Å²) in [5, 5.41) is 14.0. The summed E-state index contributed by atoms with van der Waals surface area (Å²) in [6.45, 7) is 8.31. The second-order valence-electron chi connectivity index (χ2n) is 7.29. The maximum absolute atomic E-state index is 13.1. The second kappa shape index (κ2) is 10.5. The summed E-state index contributed by atoms with van der Waals surface area (Å²) in [4.78, 5) is 28.3. The number of hydrogen-bond donors (Lipinski definition) is 2. The van der Waals surface area contributed by atoms with Crippen molar-refractivity contribution in [1.82, 2.24) is 14.8 Å². The molecule has 0 aliphatic carbocycles. The molecule has 0 bridgehead atoms. The average Bonchev–Trinajstić information content (AvgIpc) is 3.22. The summed E-state index contributed by atoms with van der Waals surface area (Å²) >= 11 is 0. The lowest BCUT2D eigenvalue weighted by Gasteiger charge is -2.23.